The maximum absolute atomic E-state index is 4.52. The first-order valence-corrected chi connectivity index (χ1v) is 7.10. The van der Waals surface area contributed by atoms with E-state index in [9.17, 15) is 0 Å². The van der Waals surface area contributed by atoms with Gasteiger partial charge >= 0.3 is 0 Å². The van der Waals surface area contributed by atoms with Crippen LogP contribution < -0.4 is 5.32 Å². The Bertz CT molecular complexity index is 531. The topological polar surface area (TPSA) is 37.8 Å². The van der Waals surface area contributed by atoms with Crippen LogP contribution in [-0.4, -0.2) is 16.5 Å². The second kappa shape index (κ2) is 5.77. The highest BCUT2D eigenvalue weighted by atomic mass is 127. The molecule has 0 atom stereocenters. The molecular formula is C12H11BrIN3. The van der Waals surface area contributed by atoms with Gasteiger partial charge in [-0.3, -0.25) is 0 Å². The Morgan fingerprint density at radius 2 is 2.24 bits per heavy atom. The SMILES string of the molecule is CCNc1nc(-c2cccc(Br)c2)ncc1I. The van der Waals surface area contributed by atoms with Crippen molar-refractivity contribution < 1.29 is 0 Å². The maximum atomic E-state index is 4.52. The van der Waals surface area contributed by atoms with Crippen LogP contribution >= 0.6 is 38.5 Å². The Hall–Kier alpha value is -0.690. The van der Waals surface area contributed by atoms with E-state index < -0.39 is 0 Å². The summed E-state index contributed by atoms with van der Waals surface area (Å²) < 4.78 is 2.06. The minimum atomic E-state index is 0.739. The van der Waals surface area contributed by atoms with E-state index in [1.807, 2.05) is 30.5 Å². The Morgan fingerprint density at radius 3 is 2.94 bits per heavy atom. The summed E-state index contributed by atoms with van der Waals surface area (Å²) in [6.07, 6.45) is 1.84. The number of rotatable bonds is 3. The van der Waals surface area contributed by atoms with E-state index in [0.29, 0.717) is 0 Å². The van der Waals surface area contributed by atoms with Gasteiger partial charge in [-0.05, 0) is 41.6 Å². The molecule has 17 heavy (non-hydrogen) atoms. The molecule has 0 saturated heterocycles. The van der Waals surface area contributed by atoms with Gasteiger partial charge in [0.2, 0.25) is 0 Å². The molecule has 1 N–H and O–H groups in total. The van der Waals surface area contributed by atoms with Crippen LogP contribution in [0.1, 0.15) is 6.92 Å². The molecule has 1 aromatic carbocycles. The summed E-state index contributed by atoms with van der Waals surface area (Å²) >= 11 is 5.68. The minimum Gasteiger partial charge on any atom is -0.369 e. The summed E-state index contributed by atoms with van der Waals surface area (Å²) in [6, 6.07) is 7.98. The molecule has 0 fully saturated rings. The molecule has 3 nitrogen and oxygen atoms in total. The lowest BCUT2D eigenvalue weighted by Crippen LogP contribution is -2.03. The standard InChI is InChI=1S/C12H11BrIN3/c1-2-15-12-10(14)7-16-11(17-12)8-4-3-5-9(13)6-8/h3-7H,2H2,1H3,(H,15,16,17). The van der Waals surface area contributed by atoms with Crippen molar-refractivity contribution in [3.8, 4) is 11.4 Å². The molecular weight excluding hydrogens is 393 g/mol. The van der Waals surface area contributed by atoms with E-state index in [4.69, 9.17) is 0 Å². The van der Waals surface area contributed by atoms with Gasteiger partial charge in [0.1, 0.15) is 5.82 Å². The van der Waals surface area contributed by atoms with Gasteiger partial charge in [-0.2, -0.15) is 0 Å². The van der Waals surface area contributed by atoms with Gasteiger partial charge in [0.25, 0.3) is 0 Å². The number of benzene rings is 1. The molecule has 1 aromatic heterocycles. The van der Waals surface area contributed by atoms with Crippen LogP contribution in [0.5, 0.6) is 0 Å². The molecule has 5 heteroatoms. The minimum absolute atomic E-state index is 0.739. The maximum Gasteiger partial charge on any atom is 0.161 e. The number of aromatic nitrogens is 2. The normalized spacial score (nSPS) is 10.3. The predicted octanol–water partition coefficient (Wildman–Crippen LogP) is 3.94. The third-order valence-corrected chi connectivity index (χ3v) is 3.45. The highest BCUT2D eigenvalue weighted by molar-refractivity contribution is 14.1. The molecule has 0 amide bonds. The van der Waals surface area contributed by atoms with Crippen molar-refractivity contribution in [2.45, 2.75) is 6.92 Å². The molecule has 0 saturated carbocycles. The lowest BCUT2D eigenvalue weighted by atomic mass is 10.2. The van der Waals surface area contributed by atoms with Crippen molar-refractivity contribution in [3.63, 3.8) is 0 Å². The number of hydrogen-bond acceptors (Lipinski definition) is 3. The number of nitrogens with one attached hydrogen (secondary N) is 1. The van der Waals surface area contributed by atoms with Crippen molar-refractivity contribution in [1.29, 1.82) is 0 Å². The van der Waals surface area contributed by atoms with E-state index >= 15 is 0 Å². The highest BCUT2D eigenvalue weighted by Gasteiger charge is 2.06. The van der Waals surface area contributed by atoms with Crippen molar-refractivity contribution in [1.82, 2.24) is 9.97 Å². The molecule has 88 valence electrons. The fraction of sp³-hybridized carbons (Fsp3) is 0.167. The van der Waals surface area contributed by atoms with Crippen LogP contribution in [0.15, 0.2) is 34.9 Å². The van der Waals surface area contributed by atoms with E-state index in [-0.39, 0.29) is 0 Å². The second-order valence-electron chi connectivity index (χ2n) is 3.43. The Balaban J connectivity index is 2.42. The Labute approximate surface area is 122 Å². The fourth-order valence-electron chi connectivity index (χ4n) is 1.43. The van der Waals surface area contributed by atoms with Crippen LogP contribution in [-0.2, 0) is 0 Å². The predicted molar refractivity (Wildman–Crippen MR) is 82.0 cm³/mol. The second-order valence-corrected chi connectivity index (χ2v) is 5.51. The molecule has 0 radical (unpaired) electrons. The highest BCUT2D eigenvalue weighted by Crippen LogP contribution is 2.22. The first-order valence-electron chi connectivity index (χ1n) is 5.23. The molecule has 2 rings (SSSR count). The molecule has 0 unspecified atom stereocenters. The molecule has 0 spiro atoms. The zero-order chi connectivity index (χ0) is 12.3. The summed E-state index contributed by atoms with van der Waals surface area (Å²) in [4.78, 5) is 8.88. The van der Waals surface area contributed by atoms with E-state index in [0.717, 1.165) is 31.8 Å². The first kappa shape index (κ1) is 12.8. The lowest BCUT2D eigenvalue weighted by molar-refractivity contribution is 1.10. The van der Waals surface area contributed by atoms with Gasteiger partial charge in [0.05, 0.1) is 3.57 Å². The van der Waals surface area contributed by atoms with E-state index in [2.05, 4.69) is 60.7 Å². The number of halogens is 2. The van der Waals surface area contributed by atoms with Gasteiger partial charge < -0.3 is 5.32 Å². The average molecular weight is 404 g/mol. The van der Waals surface area contributed by atoms with Gasteiger partial charge in [-0.1, -0.05) is 28.1 Å². The van der Waals surface area contributed by atoms with Crippen molar-refractivity contribution in [3.05, 3.63) is 38.5 Å². The van der Waals surface area contributed by atoms with Crippen molar-refractivity contribution in [2.24, 2.45) is 0 Å². The zero-order valence-corrected chi connectivity index (χ0v) is 13.0. The molecule has 2 aromatic rings. The number of anilines is 1. The van der Waals surface area contributed by atoms with Gasteiger partial charge in [-0.25, -0.2) is 9.97 Å². The number of nitrogens with zero attached hydrogens (tertiary/aromatic N) is 2. The van der Waals surface area contributed by atoms with Crippen LogP contribution in [0.3, 0.4) is 0 Å². The summed E-state index contributed by atoms with van der Waals surface area (Å²) in [5.74, 6) is 1.63. The fourth-order valence-corrected chi connectivity index (χ4v) is 2.28. The van der Waals surface area contributed by atoms with Crippen molar-refractivity contribution >= 4 is 44.3 Å². The Morgan fingerprint density at radius 1 is 1.41 bits per heavy atom. The van der Waals surface area contributed by atoms with Crippen LogP contribution in [0.25, 0.3) is 11.4 Å². The third-order valence-electron chi connectivity index (χ3n) is 2.17. The molecule has 0 aliphatic heterocycles. The first-order chi connectivity index (χ1) is 8.20. The van der Waals surface area contributed by atoms with Gasteiger partial charge in [0, 0.05) is 22.8 Å². The zero-order valence-electron chi connectivity index (χ0n) is 9.24. The van der Waals surface area contributed by atoms with Gasteiger partial charge in [-0.15, -0.1) is 0 Å². The number of hydrogen-bond donors (Lipinski definition) is 1. The monoisotopic (exact) mass is 403 g/mol. The Kier molecular flexibility index (Phi) is 4.33. The summed E-state index contributed by atoms with van der Waals surface area (Å²) in [6.45, 7) is 2.90. The molecule has 0 bridgehead atoms. The summed E-state index contributed by atoms with van der Waals surface area (Å²) in [5.41, 5.74) is 1.01. The smallest absolute Gasteiger partial charge is 0.161 e. The average Bonchev–Trinajstić information content (AvgIpc) is 2.32. The summed E-state index contributed by atoms with van der Waals surface area (Å²) in [7, 11) is 0. The largest absolute Gasteiger partial charge is 0.369 e. The van der Waals surface area contributed by atoms with Crippen molar-refractivity contribution in [2.75, 3.05) is 11.9 Å². The van der Waals surface area contributed by atoms with Crippen LogP contribution in [0.2, 0.25) is 0 Å². The quantitative estimate of drug-likeness (QED) is 0.788. The molecule has 0 aliphatic rings. The van der Waals surface area contributed by atoms with E-state index in [1.54, 1.807) is 0 Å². The third kappa shape index (κ3) is 3.16. The van der Waals surface area contributed by atoms with E-state index in [1.165, 1.54) is 0 Å². The van der Waals surface area contributed by atoms with Crippen LogP contribution in [0, 0.1) is 3.57 Å². The summed E-state index contributed by atoms with van der Waals surface area (Å²) in [5, 5.41) is 3.23. The molecule has 1 heterocycles. The lowest BCUT2D eigenvalue weighted by Gasteiger charge is -2.07. The van der Waals surface area contributed by atoms with Crippen LogP contribution in [0.4, 0.5) is 5.82 Å². The van der Waals surface area contributed by atoms with Gasteiger partial charge in [0.15, 0.2) is 5.82 Å². The molecule has 0 aliphatic carbocycles.